The molecule has 3 nitrogen and oxygen atoms in total. The molecule has 0 heterocycles. The summed E-state index contributed by atoms with van der Waals surface area (Å²) in [6, 6.07) is 0. The Hall–Kier alpha value is -0.570. The summed E-state index contributed by atoms with van der Waals surface area (Å²) in [6.45, 7) is 6.32. The van der Waals surface area contributed by atoms with Gasteiger partial charge in [-0.15, -0.1) is 0 Å². The number of rotatable bonds is 5. The maximum Gasteiger partial charge on any atom is 0.223 e. The minimum Gasteiger partial charge on any atom is -0.388 e. The van der Waals surface area contributed by atoms with Crippen LogP contribution in [-0.2, 0) is 4.79 Å². The summed E-state index contributed by atoms with van der Waals surface area (Å²) in [6.07, 6.45) is 5.08. The molecule has 0 aromatic heterocycles. The Balaban J connectivity index is 2.29. The molecule has 16 heavy (non-hydrogen) atoms. The largest absolute Gasteiger partial charge is 0.388 e. The Morgan fingerprint density at radius 3 is 2.50 bits per heavy atom. The van der Waals surface area contributed by atoms with E-state index in [9.17, 15) is 9.90 Å². The van der Waals surface area contributed by atoms with Crippen molar-refractivity contribution in [3.8, 4) is 0 Å². The third-order valence-electron chi connectivity index (χ3n) is 3.22. The highest BCUT2D eigenvalue weighted by molar-refractivity contribution is 5.78. The van der Waals surface area contributed by atoms with Crippen molar-refractivity contribution in [2.75, 3.05) is 6.54 Å². The molecule has 0 spiro atoms. The van der Waals surface area contributed by atoms with E-state index in [1.54, 1.807) is 6.92 Å². The Morgan fingerprint density at radius 1 is 1.44 bits per heavy atom. The molecule has 1 amide bonds. The van der Waals surface area contributed by atoms with E-state index in [1.165, 1.54) is 12.8 Å². The van der Waals surface area contributed by atoms with Gasteiger partial charge < -0.3 is 10.4 Å². The van der Waals surface area contributed by atoms with Gasteiger partial charge in [-0.2, -0.15) is 0 Å². The molecule has 1 saturated carbocycles. The van der Waals surface area contributed by atoms with Crippen LogP contribution in [0.15, 0.2) is 0 Å². The second-order valence-corrected chi connectivity index (χ2v) is 5.79. The fourth-order valence-corrected chi connectivity index (χ4v) is 2.56. The zero-order valence-corrected chi connectivity index (χ0v) is 10.8. The molecule has 0 aliphatic heterocycles. The van der Waals surface area contributed by atoms with Crippen molar-refractivity contribution < 1.29 is 9.90 Å². The van der Waals surface area contributed by atoms with Crippen molar-refractivity contribution >= 4 is 5.91 Å². The van der Waals surface area contributed by atoms with Gasteiger partial charge in [0.1, 0.15) is 0 Å². The van der Waals surface area contributed by atoms with Gasteiger partial charge in [0, 0.05) is 12.5 Å². The Labute approximate surface area is 98.6 Å². The van der Waals surface area contributed by atoms with Gasteiger partial charge in [0.05, 0.1) is 5.60 Å². The van der Waals surface area contributed by atoms with E-state index in [4.69, 9.17) is 0 Å². The topological polar surface area (TPSA) is 49.3 Å². The molecule has 0 saturated heterocycles. The highest BCUT2D eigenvalue weighted by Gasteiger charge is 2.26. The first kappa shape index (κ1) is 13.5. The second-order valence-electron chi connectivity index (χ2n) is 5.79. The summed E-state index contributed by atoms with van der Waals surface area (Å²) in [5, 5.41) is 12.9. The maximum absolute atomic E-state index is 11.8. The molecule has 94 valence electrons. The molecular formula is C13H25NO2. The Bertz CT molecular complexity index is 230. The number of aliphatic hydroxyl groups is 1. The lowest BCUT2D eigenvalue weighted by atomic mass is 9.94. The van der Waals surface area contributed by atoms with Crippen LogP contribution in [0.5, 0.6) is 0 Å². The van der Waals surface area contributed by atoms with Crippen LogP contribution in [-0.4, -0.2) is 23.2 Å². The van der Waals surface area contributed by atoms with Crippen LogP contribution in [0.2, 0.25) is 0 Å². The predicted octanol–water partition coefficient (Wildman–Crippen LogP) is 2.09. The van der Waals surface area contributed by atoms with Gasteiger partial charge in [0.2, 0.25) is 5.91 Å². The van der Waals surface area contributed by atoms with Gasteiger partial charge in [0.25, 0.3) is 0 Å². The monoisotopic (exact) mass is 227 g/mol. The van der Waals surface area contributed by atoms with Crippen LogP contribution in [0.1, 0.15) is 52.9 Å². The molecule has 0 aromatic rings. The highest BCUT2D eigenvalue weighted by atomic mass is 16.3. The van der Waals surface area contributed by atoms with Crippen LogP contribution in [0.4, 0.5) is 0 Å². The molecule has 1 fully saturated rings. The van der Waals surface area contributed by atoms with E-state index >= 15 is 0 Å². The molecule has 1 rings (SSSR count). The summed E-state index contributed by atoms with van der Waals surface area (Å²) >= 11 is 0. The molecule has 0 radical (unpaired) electrons. The fraction of sp³-hybridized carbons (Fsp3) is 0.923. The Kier molecular flexibility index (Phi) is 4.78. The van der Waals surface area contributed by atoms with E-state index in [0.717, 1.165) is 19.3 Å². The van der Waals surface area contributed by atoms with Gasteiger partial charge in [-0.3, -0.25) is 4.79 Å². The van der Waals surface area contributed by atoms with E-state index in [0.29, 0.717) is 12.5 Å². The van der Waals surface area contributed by atoms with Crippen LogP contribution in [0, 0.1) is 11.8 Å². The molecule has 0 aromatic carbocycles. The van der Waals surface area contributed by atoms with E-state index in [2.05, 4.69) is 19.2 Å². The van der Waals surface area contributed by atoms with Gasteiger partial charge in [-0.05, 0) is 32.1 Å². The van der Waals surface area contributed by atoms with E-state index in [1.807, 2.05) is 0 Å². The average molecular weight is 227 g/mol. The molecule has 2 N–H and O–H groups in total. The van der Waals surface area contributed by atoms with Gasteiger partial charge in [0.15, 0.2) is 0 Å². The molecule has 1 unspecified atom stereocenters. The average Bonchev–Trinajstić information content (AvgIpc) is 2.64. The number of hydrogen-bond acceptors (Lipinski definition) is 2. The standard InChI is InChI=1S/C13H25NO2/c1-10(2)8-13(3,16)9-14-12(15)11-6-4-5-7-11/h10-11,16H,4-9H2,1-3H3,(H,14,15). The minimum atomic E-state index is -0.775. The van der Waals surface area contributed by atoms with Crippen LogP contribution in [0.3, 0.4) is 0 Å². The maximum atomic E-state index is 11.8. The second kappa shape index (κ2) is 5.67. The van der Waals surface area contributed by atoms with Crippen LogP contribution >= 0.6 is 0 Å². The minimum absolute atomic E-state index is 0.126. The summed E-state index contributed by atoms with van der Waals surface area (Å²) < 4.78 is 0. The van der Waals surface area contributed by atoms with Gasteiger partial charge >= 0.3 is 0 Å². The molecule has 1 atom stereocenters. The first-order chi connectivity index (χ1) is 7.41. The molecule has 1 aliphatic rings. The zero-order chi connectivity index (χ0) is 12.2. The van der Waals surface area contributed by atoms with Crippen LogP contribution < -0.4 is 5.32 Å². The first-order valence-corrected chi connectivity index (χ1v) is 6.41. The number of carbonyl (C=O) groups is 1. The molecule has 1 aliphatic carbocycles. The van der Waals surface area contributed by atoms with Gasteiger partial charge in [-0.25, -0.2) is 0 Å². The first-order valence-electron chi connectivity index (χ1n) is 6.41. The smallest absolute Gasteiger partial charge is 0.223 e. The van der Waals surface area contributed by atoms with Crippen molar-refractivity contribution in [3.05, 3.63) is 0 Å². The van der Waals surface area contributed by atoms with Gasteiger partial charge in [-0.1, -0.05) is 26.7 Å². The zero-order valence-electron chi connectivity index (χ0n) is 10.8. The summed E-state index contributed by atoms with van der Waals surface area (Å²) in [4.78, 5) is 11.8. The lowest BCUT2D eigenvalue weighted by Crippen LogP contribution is -2.43. The quantitative estimate of drug-likeness (QED) is 0.755. The van der Waals surface area contributed by atoms with Crippen molar-refractivity contribution in [2.45, 2.75) is 58.5 Å². The van der Waals surface area contributed by atoms with E-state index < -0.39 is 5.60 Å². The summed E-state index contributed by atoms with van der Waals surface area (Å²) in [5.41, 5.74) is -0.775. The Morgan fingerprint density at radius 2 is 2.00 bits per heavy atom. The summed E-state index contributed by atoms with van der Waals surface area (Å²) in [7, 11) is 0. The van der Waals surface area contributed by atoms with Crippen LogP contribution in [0.25, 0.3) is 0 Å². The normalized spacial score (nSPS) is 21.1. The molecule has 0 bridgehead atoms. The predicted molar refractivity (Wildman–Crippen MR) is 65.0 cm³/mol. The lowest BCUT2D eigenvalue weighted by Gasteiger charge is -2.26. The van der Waals surface area contributed by atoms with E-state index in [-0.39, 0.29) is 11.8 Å². The molecule has 3 heteroatoms. The SMILES string of the molecule is CC(C)CC(C)(O)CNC(=O)C1CCCC1. The lowest BCUT2D eigenvalue weighted by molar-refractivity contribution is -0.126. The summed E-state index contributed by atoms with van der Waals surface area (Å²) in [5.74, 6) is 0.759. The number of nitrogens with one attached hydrogen (secondary N) is 1. The van der Waals surface area contributed by atoms with Crippen molar-refractivity contribution in [2.24, 2.45) is 11.8 Å². The van der Waals surface area contributed by atoms with Crippen molar-refractivity contribution in [1.29, 1.82) is 0 Å². The molecular weight excluding hydrogens is 202 g/mol. The van der Waals surface area contributed by atoms with Crippen molar-refractivity contribution in [3.63, 3.8) is 0 Å². The number of carbonyl (C=O) groups excluding carboxylic acids is 1. The third kappa shape index (κ3) is 4.52. The number of hydrogen-bond donors (Lipinski definition) is 2. The third-order valence-corrected chi connectivity index (χ3v) is 3.22. The van der Waals surface area contributed by atoms with Crippen molar-refractivity contribution in [1.82, 2.24) is 5.32 Å². The highest BCUT2D eigenvalue weighted by Crippen LogP contribution is 2.25. The fourth-order valence-electron chi connectivity index (χ4n) is 2.56. The number of amides is 1.